The first-order valence-electron chi connectivity index (χ1n) is 6.23. The summed E-state index contributed by atoms with van der Waals surface area (Å²) in [4.78, 5) is 14.0. The summed E-state index contributed by atoms with van der Waals surface area (Å²) >= 11 is 0. The van der Waals surface area contributed by atoms with Gasteiger partial charge in [-0.1, -0.05) is 0 Å². The molecule has 0 spiro atoms. The van der Waals surface area contributed by atoms with Gasteiger partial charge >= 0.3 is 0 Å². The van der Waals surface area contributed by atoms with Gasteiger partial charge in [0.15, 0.2) is 0 Å². The third kappa shape index (κ3) is 3.11. The topological polar surface area (TPSA) is 69.3 Å². The molecule has 5 heteroatoms. The number of carbonyl (C=O) groups excluding carboxylic acids is 1. The lowest BCUT2D eigenvalue weighted by molar-refractivity contribution is -0.133. The summed E-state index contributed by atoms with van der Waals surface area (Å²) < 4.78 is 5.26. The van der Waals surface area contributed by atoms with Crippen LogP contribution < -0.4 is 5.32 Å². The van der Waals surface area contributed by atoms with Crippen LogP contribution in [0.1, 0.15) is 25.0 Å². The molecule has 0 bridgehead atoms. The molecule has 1 amide bonds. The van der Waals surface area contributed by atoms with Gasteiger partial charge in [-0.05, 0) is 31.5 Å². The monoisotopic (exact) mass is 247 g/mol. The molecule has 18 heavy (non-hydrogen) atoms. The molecule has 1 aliphatic rings. The summed E-state index contributed by atoms with van der Waals surface area (Å²) in [7, 11) is 0. The van der Waals surface area contributed by atoms with E-state index in [4.69, 9.17) is 9.68 Å². The zero-order valence-electron chi connectivity index (χ0n) is 10.3. The third-order valence-corrected chi connectivity index (χ3v) is 3.09. The quantitative estimate of drug-likeness (QED) is 0.850. The SMILES string of the molecule is N#CCCN(Cc1ccco1)C(=O)[C@H]1CCCN1. The van der Waals surface area contributed by atoms with Crippen molar-refractivity contribution in [2.75, 3.05) is 13.1 Å². The number of furan rings is 1. The molecule has 1 saturated heterocycles. The van der Waals surface area contributed by atoms with Crippen LogP contribution in [0.3, 0.4) is 0 Å². The second-order valence-electron chi connectivity index (χ2n) is 4.40. The smallest absolute Gasteiger partial charge is 0.240 e. The second-order valence-corrected chi connectivity index (χ2v) is 4.40. The molecule has 1 N–H and O–H groups in total. The van der Waals surface area contributed by atoms with E-state index in [-0.39, 0.29) is 11.9 Å². The van der Waals surface area contributed by atoms with Gasteiger partial charge in [0.2, 0.25) is 5.91 Å². The number of hydrogen-bond donors (Lipinski definition) is 1. The van der Waals surface area contributed by atoms with Gasteiger partial charge in [-0.25, -0.2) is 0 Å². The van der Waals surface area contributed by atoms with Crippen LogP contribution in [0.15, 0.2) is 22.8 Å². The van der Waals surface area contributed by atoms with E-state index in [9.17, 15) is 4.79 Å². The third-order valence-electron chi connectivity index (χ3n) is 3.09. The molecular weight excluding hydrogens is 230 g/mol. The molecule has 96 valence electrons. The number of rotatable bonds is 5. The Kier molecular flexibility index (Phi) is 4.37. The molecule has 1 atom stereocenters. The molecular formula is C13H17N3O2. The fourth-order valence-corrected chi connectivity index (χ4v) is 2.16. The predicted molar refractivity (Wildman–Crippen MR) is 65.4 cm³/mol. The van der Waals surface area contributed by atoms with Crippen molar-refractivity contribution in [2.24, 2.45) is 0 Å². The minimum atomic E-state index is -0.0985. The van der Waals surface area contributed by atoms with Crippen molar-refractivity contribution in [2.45, 2.75) is 31.8 Å². The Bertz CT molecular complexity index is 416. The predicted octanol–water partition coefficient (Wildman–Crippen LogP) is 1.27. The standard InChI is InChI=1S/C13H17N3O2/c14-6-3-8-16(10-11-4-2-9-18-11)13(17)12-5-1-7-15-12/h2,4,9,12,15H,1,3,5,7-8,10H2/t12-/m1/s1. The van der Waals surface area contributed by atoms with Crippen LogP contribution >= 0.6 is 0 Å². The van der Waals surface area contributed by atoms with Gasteiger partial charge in [0, 0.05) is 6.54 Å². The number of nitrogens with one attached hydrogen (secondary N) is 1. The summed E-state index contributed by atoms with van der Waals surface area (Å²) in [6.45, 7) is 1.78. The van der Waals surface area contributed by atoms with E-state index in [0.717, 1.165) is 25.1 Å². The highest BCUT2D eigenvalue weighted by atomic mass is 16.3. The van der Waals surface area contributed by atoms with E-state index in [2.05, 4.69) is 11.4 Å². The molecule has 0 radical (unpaired) electrons. The number of amides is 1. The van der Waals surface area contributed by atoms with Crippen molar-refractivity contribution < 1.29 is 9.21 Å². The molecule has 1 aliphatic heterocycles. The van der Waals surface area contributed by atoms with Gasteiger partial charge in [-0.3, -0.25) is 4.79 Å². The Morgan fingerprint density at radius 1 is 1.67 bits per heavy atom. The van der Waals surface area contributed by atoms with Crippen LogP contribution in [-0.2, 0) is 11.3 Å². The Hall–Kier alpha value is -1.80. The molecule has 2 heterocycles. The summed E-state index contributed by atoms with van der Waals surface area (Å²) in [5.74, 6) is 0.818. The van der Waals surface area contributed by atoms with Crippen molar-refractivity contribution in [3.05, 3.63) is 24.2 Å². The normalized spacial score (nSPS) is 18.5. The Morgan fingerprint density at radius 2 is 2.56 bits per heavy atom. The number of carbonyl (C=O) groups is 1. The van der Waals surface area contributed by atoms with E-state index in [1.54, 1.807) is 17.2 Å². The lowest BCUT2D eigenvalue weighted by Gasteiger charge is -2.23. The molecule has 0 saturated carbocycles. The molecule has 1 aromatic heterocycles. The van der Waals surface area contributed by atoms with Gasteiger partial charge in [0.05, 0.1) is 31.3 Å². The highest BCUT2D eigenvalue weighted by Crippen LogP contribution is 2.12. The minimum absolute atomic E-state index is 0.0687. The zero-order chi connectivity index (χ0) is 12.8. The summed E-state index contributed by atoms with van der Waals surface area (Å²) in [5, 5.41) is 11.8. The van der Waals surface area contributed by atoms with Gasteiger partial charge in [0.25, 0.3) is 0 Å². The summed E-state index contributed by atoms with van der Waals surface area (Å²) in [5.41, 5.74) is 0. The number of nitrogens with zero attached hydrogens (tertiary/aromatic N) is 2. The maximum Gasteiger partial charge on any atom is 0.240 e. The Balaban J connectivity index is 1.99. The lowest BCUT2D eigenvalue weighted by Crippen LogP contribution is -2.43. The first-order valence-corrected chi connectivity index (χ1v) is 6.23. The minimum Gasteiger partial charge on any atom is -0.467 e. The molecule has 2 rings (SSSR count). The van der Waals surface area contributed by atoms with Crippen LogP contribution in [0.5, 0.6) is 0 Å². The fourth-order valence-electron chi connectivity index (χ4n) is 2.16. The van der Waals surface area contributed by atoms with Gasteiger partial charge < -0.3 is 14.6 Å². The Morgan fingerprint density at radius 3 is 3.17 bits per heavy atom. The Labute approximate surface area is 106 Å². The number of hydrogen-bond acceptors (Lipinski definition) is 4. The van der Waals surface area contributed by atoms with Crippen LogP contribution in [0.4, 0.5) is 0 Å². The lowest BCUT2D eigenvalue weighted by atomic mass is 10.2. The number of nitriles is 1. The summed E-state index contributed by atoms with van der Waals surface area (Å²) in [6.07, 6.45) is 3.85. The average Bonchev–Trinajstić information content (AvgIpc) is 3.06. The molecule has 1 aromatic rings. The van der Waals surface area contributed by atoms with E-state index >= 15 is 0 Å². The van der Waals surface area contributed by atoms with E-state index in [1.165, 1.54) is 0 Å². The van der Waals surface area contributed by atoms with Crippen molar-refractivity contribution in [3.8, 4) is 6.07 Å². The van der Waals surface area contributed by atoms with Crippen LogP contribution in [0.2, 0.25) is 0 Å². The summed E-state index contributed by atoms with van der Waals surface area (Å²) in [6, 6.07) is 5.62. The zero-order valence-corrected chi connectivity index (χ0v) is 10.3. The van der Waals surface area contributed by atoms with Gasteiger partial charge in [0.1, 0.15) is 5.76 Å². The molecule has 0 unspecified atom stereocenters. The molecule has 1 fully saturated rings. The van der Waals surface area contributed by atoms with Gasteiger partial charge in [-0.15, -0.1) is 0 Å². The second kappa shape index (κ2) is 6.22. The first kappa shape index (κ1) is 12.7. The van der Waals surface area contributed by atoms with Crippen molar-refractivity contribution in [1.82, 2.24) is 10.2 Å². The molecule has 0 aromatic carbocycles. The largest absolute Gasteiger partial charge is 0.467 e. The van der Waals surface area contributed by atoms with E-state index < -0.39 is 0 Å². The maximum absolute atomic E-state index is 12.3. The highest BCUT2D eigenvalue weighted by Gasteiger charge is 2.27. The van der Waals surface area contributed by atoms with Crippen LogP contribution in [-0.4, -0.2) is 29.9 Å². The van der Waals surface area contributed by atoms with Crippen LogP contribution in [0, 0.1) is 11.3 Å². The van der Waals surface area contributed by atoms with Gasteiger partial charge in [-0.2, -0.15) is 5.26 Å². The maximum atomic E-state index is 12.3. The van der Waals surface area contributed by atoms with Crippen molar-refractivity contribution >= 4 is 5.91 Å². The van der Waals surface area contributed by atoms with E-state index in [0.29, 0.717) is 19.5 Å². The molecule has 5 nitrogen and oxygen atoms in total. The first-order chi connectivity index (χ1) is 8.81. The molecule has 0 aliphatic carbocycles. The highest BCUT2D eigenvalue weighted by molar-refractivity contribution is 5.82. The average molecular weight is 247 g/mol. The van der Waals surface area contributed by atoms with Crippen molar-refractivity contribution in [3.63, 3.8) is 0 Å². The van der Waals surface area contributed by atoms with Crippen molar-refractivity contribution in [1.29, 1.82) is 5.26 Å². The fraction of sp³-hybridized carbons (Fsp3) is 0.538. The van der Waals surface area contributed by atoms with Crippen LogP contribution in [0.25, 0.3) is 0 Å². The van der Waals surface area contributed by atoms with E-state index in [1.807, 2.05) is 6.07 Å².